The Bertz CT molecular complexity index is 1000. The highest BCUT2D eigenvalue weighted by Crippen LogP contribution is 2.33. The van der Waals surface area contributed by atoms with Gasteiger partial charge in [0.05, 0.1) is 24.1 Å². The zero-order chi connectivity index (χ0) is 20.8. The molecule has 0 saturated carbocycles. The third-order valence-corrected chi connectivity index (χ3v) is 7.54. The summed E-state index contributed by atoms with van der Waals surface area (Å²) in [6.45, 7) is 4.77. The lowest BCUT2D eigenvalue weighted by molar-refractivity contribution is -0.123. The zero-order valence-electron chi connectivity index (χ0n) is 16.6. The average Bonchev–Trinajstić information content (AvgIpc) is 2.99. The van der Waals surface area contributed by atoms with Crippen LogP contribution < -0.4 is 4.90 Å². The highest BCUT2D eigenvalue weighted by molar-refractivity contribution is 7.91. The Labute approximate surface area is 171 Å². The van der Waals surface area contributed by atoms with E-state index in [1.165, 1.54) is 17.7 Å². The molecular weight excluding hydrogens is 391 g/mol. The summed E-state index contributed by atoms with van der Waals surface area (Å²) in [6, 6.07) is 13.2. The summed E-state index contributed by atoms with van der Waals surface area (Å²) < 4.78 is 38.1. The third kappa shape index (κ3) is 4.07. The van der Waals surface area contributed by atoms with Gasteiger partial charge in [-0.1, -0.05) is 38.1 Å². The number of carbonyl (C=O) groups is 1. The van der Waals surface area contributed by atoms with E-state index in [1.807, 2.05) is 29.2 Å². The van der Waals surface area contributed by atoms with E-state index in [-0.39, 0.29) is 35.8 Å². The first-order valence-electron chi connectivity index (χ1n) is 9.84. The number of rotatable bonds is 4. The highest BCUT2D eigenvalue weighted by atomic mass is 32.2. The summed E-state index contributed by atoms with van der Waals surface area (Å²) in [5.74, 6) is -0.0439. The first-order valence-corrected chi connectivity index (χ1v) is 11.7. The lowest BCUT2D eigenvalue weighted by Crippen LogP contribution is -2.61. The Balaban J connectivity index is 1.63. The molecule has 0 aliphatic carbocycles. The Morgan fingerprint density at radius 3 is 2.24 bits per heavy atom. The monoisotopic (exact) mass is 416 g/mol. The van der Waals surface area contributed by atoms with Crippen molar-refractivity contribution in [1.29, 1.82) is 0 Å². The predicted octanol–water partition coefficient (Wildman–Crippen LogP) is 2.96. The van der Waals surface area contributed by atoms with Gasteiger partial charge in [-0.15, -0.1) is 0 Å². The molecule has 2 unspecified atom stereocenters. The normalized spacial score (nSPS) is 24.1. The second-order valence-corrected chi connectivity index (χ2v) is 10.4. The number of carbonyl (C=O) groups excluding carboxylic acids is 1. The van der Waals surface area contributed by atoms with Crippen LogP contribution in [-0.2, 0) is 21.2 Å². The first-order chi connectivity index (χ1) is 13.7. The van der Waals surface area contributed by atoms with Gasteiger partial charge in [0.15, 0.2) is 9.84 Å². The fourth-order valence-electron chi connectivity index (χ4n) is 4.31. The Morgan fingerprint density at radius 2 is 1.62 bits per heavy atom. The maximum absolute atomic E-state index is 13.2. The number of hydrogen-bond acceptors (Lipinski definition) is 4. The van der Waals surface area contributed by atoms with Gasteiger partial charge in [0.2, 0.25) is 5.91 Å². The van der Waals surface area contributed by atoms with Crippen molar-refractivity contribution in [2.75, 3.05) is 23.0 Å². The molecule has 0 aromatic heterocycles. The van der Waals surface area contributed by atoms with E-state index in [2.05, 4.69) is 13.8 Å². The molecule has 2 atom stereocenters. The number of fused-ring (bicyclic) bond motifs is 1. The molecule has 0 radical (unpaired) electrons. The number of benzene rings is 2. The van der Waals surface area contributed by atoms with Gasteiger partial charge in [0, 0.05) is 18.3 Å². The fraction of sp³-hybridized carbons (Fsp3) is 0.409. The van der Waals surface area contributed by atoms with Crippen LogP contribution in [0.15, 0.2) is 48.5 Å². The predicted molar refractivity (Wildman–Crippen MR) is 111 cm³/mol. The molecule has 2 heterocycles. The molecule has 2 fully saturated rings. The van der Waals surface area contributed by atoms with Crippen molar-refractivity contribution < 1.29 is 17.6 Å². The topological polar surface area (TPSA) is 57.7 Å². The number of sulfone groups is 1. The summed E-state index contributed by atoms with van der Waals surface area (Å²) >= 11 is 0. The molecule has 0 bridgehead atoms. The smallest absolute Gasteiger partial charge is 0.241 e. The van der Waals surface area contributed by atoms with E-state index in [1.54, 1.807) is 17.0 Å². The van der Waals surface area contributed by atoms with Crippen molar-refractivity contribution in [1.82, 2.24) is 4.90 Å². The lowest BCUT2D eigenvalue weighted by atomic mass is 10.00. The summed E-state index contributed by atoms with van der Waals surface area (Å²) in [5.41, 5.74) is 2.77. The second kappa shape index (κ2) is 7.54. The number of hydrogen-bond donors (Lipinski definition) is 0. The van der Waals surface area contributed by atoms with Gasteiger partial charge in [-0.3, -0.25) is 9.69 Å². The number of anilines is 1. The minimum Gasteiger partial charge on any atom is -0.306 e. The molecule has 2 aliphatic heterocycles. The molecule has 2 aromatic rings. The molecule has 2 aromatic carbocycles. The van der Waals surface area contributed by atoms with Crippen molar-refractivity contribution in [2.45, 2.75) is 38.4 Å². The Hall–Kier alpha value is -2.25. The van der Waals surface area contributed by atoms with Crippen molar-refractivity contribution in [2.24, 2.45) is 0 Å². The van der Waals surface area contributed by atoms with E-state index < -0.39 is 15.9 Å². The van der Waals surface area contributed by atoms with Crippen molar-refractivity contribution in [3.63, 3.8) is 0 Å². The van der Waals surface area contributed by atoms with E-state index in [4.69, 9.17) is 0 Å². The molecule has 2 aliphatic rings. The SMILES string of the molecule is CC(C)c1ccc(N2C(=O)CN(Cc3ccc(F)cc3)C3CS(=O)(=O)CC32)cc1. The van der Waals surface area contributed by atoms with Crippen LogP contribution in [0.2, 0.25) is 0 Å². The van der Waals surface area contributed by atoms with Crippen LogP contribution in [0, 0.1) is 5.82 Å². The average molecular weight is 417 g/mol. The second-order valence-electron chi connectivity index (χ2n) is 8.25. The molecule has 1 amide bonds. The van der Waals surface area contributed by atoms with Crippen LogP contribution in [0.25, 0.3) is 0 Å². The summed E-state index contributed by atoms with van der Waals surface area (Å²) in [5, 5.41) is 0. The van der Waals surface area contributed by atoms with Gasteiger partial charge < -0.3 is 4.90 Å². The van der Waals surface area contributed by atoms with E-state index in [0.717, 1.165) is 11.3 Å². The molecule has 2 saturated heterocycles. The highest BCUT2D eigenvalue weighted by Gasteiger charge is 2.49. The number of nitrogens with zero attached hydrogens (tertiary/aromatic N) is 2. The number of piperazine rings is 1. The van der Waals surface area contributed by atoms with Gasteiger partial charge in [-0.25, -0.2) is 12.8 Å². The van der Waals surface area contributed by atoms with Crippen LogP contribution in [0.5, 0.6) is 0 Å². The Morgan fingerprint density at radius 1 is 1.00 bits per heavy atom. The first kappa shape index (κ1) is 20.0. The standard InChI is InChI=1S/C22H25FN2O3S/c1-15(2)17-5-9-19(10-6-17)25-21-14-29(27,28)13-20(21)24(12-22(25)26)11-16-3-7-18(23)8-4-16/h3-10,15,20-21H,11-14H2,1-2H3. The minimum absolute atomic E-state index is 0.0325. The molecule has 0 spiro atoms. The Kier molecular flexibility index (Phi) is 5.21. The summed E-state index contributed by atoms with van der Waals surface area (Å²) in [6.07, 6.45) is 0. The molecule has 154 valence electrons. The quantitative estimate of drug-likeness (QED) is 0.769. The van der Waals surface area contributed by atoms with Crippen molar-refractivity contribution in [3.8, 4) is 0 Å². The molecule has 29 heavy (non-hydrogen) atoms. The summed E-state index contributed by atoms with van der Waals surface area (Å²) in [4.78, 5) is 16.6. The van der Waals surface area contributed by atoms with Gasteiger partial charge >= 0.3 is 0 Å². The van der Waals surface area contributed by atoms with Crippen LogP contribution in [-0.4, -0.2) is 49.4 Å². The van der Waals surface area contributed by atoms with Gasteiger partial charge in [0.25, 0.3) is 0 Å². The minimum atomic E-state index is -3.24. The molecule has 0 N–H and O–H groups in total. The lowest BCUT2D eigenvalue weighted by Gasteiger charge is -2.43. The van der Waals surface area contributed by atoms with Crippen LogP contribution >= 0.6 is 0 Å². The largest absolute Gasteiger partial charge is 0.306 e. The van der Waals surface area contributed by atoms with Crippen LogP contribution in [0.3, 0.4) is 0 Å². The van der Waals surface area contributed by atoms with E-state index in [9.17, 15) is 17.6 Å². The van der Waals surface area contributed by atoms with Gasteiger partial charge in [0.1, 0.15) is 5.82 Å². The molecule has 4 rings (SSSR count). The van der Waals surface area contributed by atoms with Crippen LogP contribution in [0.1, 0.15) is 30.9 Å². The fourth-order valence-corrected chi connectivity index (χ4v) is 6.29. The van der Waals surface area contributed by atoms with Gasteiger partial charge in [-0.05, 0) is 41.3 Å². The summed E-state index contributed by atoms with van der Waals surface area (Å²) in [7, 11) is -3.24. The van der Waals surface area contributed by atoms with Crippen molar-refractivity contribution in [3.05, 3.63) is 65.5 Å². The molecule has 5 nitrogen and oxygen atoms in total. The maximum atomic E-state index is 13.2. The maximum Gasteiger partial charge on any atom is 0.241 e. The van der Waals surface area contributed by atoms with E-state index in [0.29, 0.717) is 12.5 Å². The van der Waals surface area contributed by atoms with Crippen molar-refractivity contribution >= 4 is 21.4 Å². The van der Waals surface area contributed by atoms with E-state index >= 15 is 0 Å². The third-order valence-electron chi connectivity index (χ3n) is 5.84. The molecule has 7 heteroatoms. The zero-order valence-corrected chi connectivity index (χ0v) is 17.4. The number of halogens is 1. The number of amides is 1. The molecular formula is C22H25FN2O3S. The van der Waals surface area contributed by atoms with Crippen LogP contribution in [0.4, 0.5) is 10.1 Å². The van der Waals surface area contributed by atoms with Gasteiger partial charge in [-0.2, -0.15) is 0 Å².